The number of fused-ring (bicyclic) bond motifs is 1. The summed E-state index contributed by atoms with van der Waals surface area (Å²) in [6.07, 6.45) is 2.41. The van der Waals surface area contributed by atoms with E-state index in [-0.39, 0.29) is 16.5 Å². The van der Waals surface area contributed by atoms with Crippen LogP contribution in [0, 0.1) is 11.3 Å². The second kappa shape index (κ2) is 4.78. The highest BCUT2D eigenvalue weighted by atomic mass is 35.5. The third-order valence-corrected chi connectivity index (χ3v) is 3.68. The first-order chi connectivity index (χ1) is 8.77. The molecule has 0 radical (unpaired) electrons. The Labute approximate surface area is 117 Å². The summed E-state index contributed by atoms with van der Waals surface area (Å²) >= 11 is 5.57. The molecule has 19 heavy (non-hydrogen) atoms. The van der Waals surface area contributed by atoms with E-state index in [1.165, 1.54) is 0 Å². The zero-order valence-corrected chi connectivity index (χ0v) is 12.5. The van der Waals surface area contributed by atoms with Gasteiger partial charge in [-0.05, 0) is 19.8 Å². The van der Waals surface area contributed by atoms with E-state index in [2.05, 4.69) is 31.1 Å². The van der Waals surface area contributed by atoms with Crippen LogP contribution in [0.3, 0.4) is 0 Å². The normalized spacial score (nSPS) is 30.7. The highest BCUT2D eigenvalue weighted by Gasteiger charge is 2.60. The van der Waals surface area contributed by atoms with Gasteiger partial charge in [-0.15, -0.1) is 0 Å². The van der Waals surface area contributed by atoms with Crippen molar-refractivity contribution in [2.45, 2.75) is 52.6 Å². The lowest BCUT2D eigenvalue weighted by atomic mass is 9.76. The third kappa shape index (κ3) is 2.48. The van der Waals surface area contributed by atoms with E-state index in [4.69, 9.17) is 21.3 Å². The zero-order chi connectivity index (χ0) is 14.3. The van der Waals surface area contributed by atoms with Gasteiger partial charge in [0, 0.05) is 11.8 Å². The molecule has 0 aromatic rings. The summed E-state index contributed by atoms with van der Waals surface area (Å²) in [5.41, 5.74) is -0.199. The molecule has 0 saturated heterocycles. The highest BCUT2D eigenvalue weighted by Crippen LogP contribution is 2.48. The summed E-state index contributed by atoms with van der Waals surface area (Å²) in [6, 6.07) is 0. The second-order valence-corrected chi connectivity index (χ2v) is 6.67. The molecule has 1 aliphatic heterocycles. The van der Waals surface area contributed by atoms with Crippen LogP contribution in [0.4, 0.5) is 0 Å². The number of nitrogens with zero attached hydrogens (tertiary/aromatic N) is 2. The van der Waals surface area contributed by atoms with Crippen molar-refractivity contribution in [1.29, 1.82) is 0 Å². The molecule has 2 aliphatic rings. The van der Waals surface area contributed by atoms with Crippen LogP contribution in [-0.4, -0.2) is 22.5 Å². The molecule has 0 aromatic carbocycles. The van der Waals surface area contributed by atoms with Gasteiger partial charge in [-0.25, -0.2) is 4.79 Å². The monoisotopic (exact) mass is 286 g/mol. The summed E-state index contributed by atoms with van der Waals surface area (Å²) in [7, 11) is 0. The topological polar surface area (TPSA) is 60.2 Å². The average molecular weight is 287 g/mol. The molecule has 6 heteroatoms. The van der Waals surface area contributed by atoms with Crippen LogP contribution >= 0.6 is 11.6 Å². The van der Waals surface area contributed by atoms with E-state index in [0.717, 1.165) is 18.6 Å². The van der Waals surface area contributed by atoms with E-state index in [1.54, 1.807) is 6.92 Å². The molecular formula is C13H19ClN2O3. The van der Waals surface area contributed by atoms with E-state index >= 15 is 0 Å². The van der Waals surface area contributed by atoms with E-state index < -0.39 is 11.6 Å². The second-order valence-electron chi connectivity index (χ2n) is 6.12. The molecule has 1 fully saturated rings. The van der Waals surface area contributed by atoms with E-state index in [1.807, 2.05) is 0 Å². The standard InChI is InChI=1S/C13H19ClN2O3/c1-8(14)15-18-11(17)13-7-5-6-9(13)10(16-19-13)12(2,3)4/h9H,5-7H2,1-4H3/b15-8-. The van der Waals surface area contributed by atoms with Gasteiger partial charge in [0.2, 0.25) is 5.60 Å². The Morgan fingerprint density at radius 2 is 2.26 bits per heavy atom. The van der Waals surface area contributed by atoms with Crippen LogP contribution in [0.5, 0.6) is 0 Å². The molecule has 1 aliphatic carbocycles. The van der Waals surface area contributed by atoms with Crippen molar-refractivity contribution < 1.29 is 14.5 Å². The van der Waals surface area contributed by atoms with Crippen molar-refractivity contribution in [2.24, 2.45) is 21.6 Å². The number of halogens is 1. The van der Waals surface area contributed by atoms with Crippen molar-refractivity contribution in [3.63, 3.8) is 0 Å². The fourth-order valence-corrected chi connectivity index (χ4v) is 2.79. The summed E-state index contributed by atoms with van der Waals surface area (Å²) < 4.78 is 0. The van der Waals surface area contributed by atoms with Gasteiger partial charge in [0.25, 0.3) is 0 Å². The maximum absolute atomic E-state index is 12.2. The lowest BCUT2D eigenvalue weighted by Crippen LogP contribution is -2.45. The number of hydrogen-bond acceptors (Lipinski definition) is 5. The lowest BCUT2D eigenvalue weighted by Gasteiger charge is -2.26. The highest BCUT2D eigenvalue weighted by molar-refractivity contribution is 6.64. The molecule has 2 unspecified atom stereocenters. The van der Waals surface area contributed by atoms with Crippen molar-refractivity contribution in [1.82, 2.24) is 0 Å². The number of oxime groups is 2. The fourth-order valence-electron chi connectivity index (χ4n) is 2.76. The van der Waals surface area contributed by atoms with Crippen LogP contribution in [0.2, 0.25) is 0 Å². The minimum Gasteiger partial charge on any atom is -0.376 e. The predicted octanol–water partition coefficient (Wildman–Crippen LogP) is 3.07. The van der Waals surface area contributed by atoms with Crippen molar-refractivity contribution in [3.05, 3.63) is 0 Å². The Hall–Kier alpha value is -1.10. The van der Waals surface area contributed by atoms with Crippen molar-refractivity contribution in [2.75, 3.05) is 0 Å². The van der Waals surface area contributed by atoms with Gasteiger partial charge >= 0.3 is 5.97 Å². The Morgan fingerprint density at radius 1 is 1.58 bits per heavy atom. The number of carbonyl (C=O) groups is 1. The molecule has 1 heterocycles. The fraction of sp³-hybridized carbons (Fsp3) is 0.769. The van der Waals surface area contributed by atoms with Gasteiger partial charge in [0.15, 0.2) is 0 Å². The SMILES string of the molecule is C/C(Cl)=N/OC(=O)C12CCCC1C(C(C)(C)C)=NO2. The quantitative estimate of drug-likeness (QED) is 0.445. The van der Waals surface area contributed by atoms with Crippen molar-refractivity contribution >= 4 is 28.5 Å². The first-order valence-electron chi connectivity index (χ1n) is 6.45. The smallest absolute Gasteiger partial charge is 0.376 e. The first kappa shape index (κ1) is 14.3. The van der Waals surface area contributed by atoms with Crippen LogP contribution in [0.25, 0.3) is 0 Å². The minimum atomic E-state index is -1.00. The predicted molar refractivity (Wildman–Crippen MR) is 73.1 cm³/mol. The first-order valence-corrected chi connectivity index (χ1v) is 6.83. The molecule has 2 atom stereocenters. The number of rotatable bonds is 2. The summed E-state index contributed by atoms with van der Waals surface area (Å²) in [6.45, 7) is 7.74. The Balaban J connectivity index is 2.21. The molecule has 0 bridgehead atoms. The minimum absolute atomic E-state index is 0.0224. The maximum Gasteiger partial charge on any atom is 0.381 e. The van der Waals surface area contributed by atoms with E-state index in [0.29, 0.717) is 6.42 Å². The maximum atomic E-state index is 12.2. The molecule has 2 rings (SSSR count). The van der Waals surface area contributed by atoms with E-state index in [9.17, 15) is 4.79 Å². The number of hydrogen-bond donors (Lipinski definition) is 0. The van der Waals surface area contributed by atoms with Crippen LogP contribution < -0.4 is 0 Å². The summed E-state index contributed by atoms with van der Waals surface area (Å²) in [4.78, 5) is 22.6. The van der Waals surface area contributed by atoms with Crippen LogP contribution in [-0.2, 0) is 14.5 Å². The van der Waals surface area contributed by atoms with Gasteiger partial charge in [0.1, 0.15) is 5.17 Å². The van der Waals surface area contributed by atoms with Crippen LogP contribution in [0.15, 0.2) is 10.3 Å². The molecule has 0 aromatic heterocycles. The van der Waals surface area contributed by atoms with Gasteiger partial charge in [-0.2, -0.15) is 0 Å². The molecular weight excluding hydrogens is 268 g/mol. The number of carbonyl (C=O) groups excluding carboxylic acids is 1. The molecule has 5 nitrogen and oxygen atoms in total. The van der Waals surface area contributed by atoms with Gasteiger partial charge in [-0.1, -0.05) is 42.7 Å². The molecule has 0 N–H and O–H groups in total. The third-order valence-electron chi connectivity index (χ3n) is 3.61. The van der Waals surface area contributed by atoms with Gasteiger partial charge < -0.3 is 9.68 Å². The molecule has 0 spiro atoms. The summed E-state index contributed by atoms with van der Waals surface area (Å²) in [5.74, 6) is -0.524. The van der Waals surface area contributed by atoms with Crippen molar-refractivity contribution in [3.8, 4) is 0 Å². The lowest BCUT2D eigenvalue weighted by molar-refractivity contribution is -0.171. The van der Waals surface area contributed by atoms with Crippen LogP contribution in [0.1, 0.15) is 47.0 Å². The molecule has 1 saturated carbocycles. The molecule has 106 valence electrons. The average Bonchev–Trinajstić information content (AvgIpc) is 2.82. The molecule has 0 amide bonds. The Kier molecular flexibility index (Phi) is 3.60. The Morgan fingerprint density at radius 3 is 2.84 bits per heavy atom. The zero-order valence-electron chi connectivity index (χ0n) is 11.7. The summed E-state index contributed by atoms with van der Waals surface area (Å²) in [5, 5.41) is 7.83. The Bertz CT molecular complexity index is 449. The van der Waals surface area contributed by atoms with Gasteiger partial charge in [0.05, 0.1) is 11.6 Å². The van der Waals surface area contributed by atoms with Gasteiger partial charge in [-0.3, -0.25) is 0 Å². The largest absolute Gasteiger partial charge is 0.381 e.